The van der Waals surface area contributed by atoms with Crippen LogP contribution in [-0.2, 0) is 16.4 Å². The molecule has 0 aliphatic heterocycles. The smallest absolute Gasteiger partial charge is 0.244 e. The third-order valence-electron chi connectivity index (χ3n) is 3.13. The van der Waals surface area contributed by atoms with Crippen LogP contribution in [0.3, 0.4) is 0 Å². The monoisotopic (exact) mass is 326 g/mol. The number of benzene rings is 1. The van der Waals surface area contributed by atoms with Crippen LogP contribution < -0.4 is 15.2 Å². The van der Waals surface area contributed by atoms with E-state index in [1.165, 1.54) is 13.2 Å². The van der Waals surface area contributed by atoms with E-state index in [0.717, 1.165) is 11.1 Å². The lowest BCUT2D eigenvalue weighted by molar-refractivity contribution is 0.402. The number of hydrogen-bond donors (Lipinski definition) is 2. The van der Waals surface area contributed by atoms with Gasteiger partial charge in [-0.1, -0.05) is 0 Å². The third-order valence-corrected chi connectivity index (χ3v) is 5.34. The number of hydrogen-bond acceptors (Lipinski definition) is 5. The average molecular weight is 326 g/mol. The predicted octanol–water partition coefficient (Wildman–Crippen LogP) is 2.17. The Balaban J connectivity index is 2.17. The van der Waals surface area contributed by atoms with Crippen molar-refractivity contribution >= 4 is 27.0 Å². The molecule has 2 rings (SSSR count). The van der Waals surface area contributed by atoms with Gasteiger partial charge in [-0.3, -0.25) is 0 Å². The highest BCUT2D eigenvalue weighted by Gasteiger charge is 2.20. The van der Waals surface area contributed by atoms with Gasteiger partial charge in [0, 0.05) is 12.2 Å². The molecule has 3 N–H and O–H groups in total. The summed E-state index contributed by atoms with van der Waals surface area (Å²) in [4.78, 5) is 0.0680. The van der Waals surface area contributed by atoms with Gasteiger partial charge in [0.25, 0.3) is 0 Å². The maximum atomic E-state index is 12.4. The maximum Gasteiger partial charge on any atom is 0.244 e. The first-order valence-corrected chi connectivity index (χ1v) is 8.81. The molecule has 114 valence electrons. The molecule has 21 heavy (non-hydrogen) atoms. The number of nitrogens with one attached hydrogen (secondary N) is 1. The van der Waals surface area contributed by atoms with E-state index in [1.807, 2.05) is 16.8 Å². The summed E-state index contributed by atoms with van der Waals surface area (Å²) in [5.41, 5.74) is 8.12. The van der Waals surface area contributed by atoms with Gasteiger partial charge in [-0.15, -0.1) is 0 Å². The molecule has 0 saturated carbocycles. The lowest BCUT2D eigenvalue weighted by atomic mass is 10.2. The van der Waals surface area contributed by atoms with Crippen LogP contribution in [0.25, 0.3) is 0 Å². The number of aryl methyl sites for hydroxylation is 1. The Morgan fingerprint density at radius 2 is 2.14 bits per heavy atom. The second-order valence-electron chi connectivity index (χ2n) is 4.64. The van der Waals surface area contributed by atoms with Crippen molar-refractivity contribution in [3.05, 3.63) is 40.1 Å². The Bertz CT molecular complexity index is 710. The normalized spacial score (nSPS) is 11.5. The molecule has 0 atom stereocenters. The van der Waals surface area contributed by atoms with Crippen LogP contribution in [0.4, 0.5) is 5.69 Å². The van der Waals surface area contributed by atoms with Crippen molar-refractivity contribution in [1.82, 2.24) is 4.72 Å². The molecule has 0 amide bonds. The van der Waals surface area contributed by atoms with Crippen molar-refractivity contribution in [3.63, 3.8) is 0 Å². The van der Waals surface area contributed by atoms with E-state index < -0.39 is 10.0 Å². The number of methoxy groups -OCH3 is 1. The number of rotatable bonds is 6. The summed E-state index contributed by atoms with van der Waals surface area (Å²) in [6, 6.07) is 5.03. The number of ether oxygens (including phenoxy) is 1. The number of sulfonamides is 1. The number of nitrogen functional groups attached to an aromatic ring is 1. The number of anilines is 1. The zero-order valence-electron chi connectivity index (χ0n) is 11.9. The maximum absolute atomic E-state index is 12.4. The summed E-state index contributed by atoms with van der Waals surface area (Å²) in [6.45, 7) is 2.13. The Morgan fingerprint density at radius 1 is 1.38 bits per heavy atom. The van der Waals surface area contributed by atoms with E-state index in [4.69, 9.17) is 10.5 Å². The lowest BCUT2D eigenvalue weighted by Gasteiger charge is -2.13. The minimum Gasteiger partial charge on any atom is -0.495 e. The van der Waals surface area contributed by atoms with Crippen LogP contribution in [0.5, 0.6) is 5.75 Å². The molecule has 1 aromatic heterocycles. The van der Waals surface area contributed by atoms with Gasteiger partial charge in [0.05, 0.1) is 7.11 Å². The van der Waals surface area contributed by atoms with E-state index in [1.54, 1.807) is 24.3 Å². The first-order chi connectivity index (χ1) is 9.94. The molecule has 1 aromatic carbocycles. The van der Waals surface area contributed by atoms with Crippen LogP contribution in [0.2, 0.25) is 0 Å². The SMILES string of the molecule is COc1cc(C)c(N)cc1S(=O)(=O)NCCc1ccsc1. The largest absolute Gasteiger partial charge is 0.495 e. The molecular formula is C14H18N2O3S2. The molecule has 0 spiro atoms. The van der Waals surface area contributed by atoms with Crippen molar-refractivity contribution in [2.75, 3.05) is 19.4 Å². The fourth-order valence-electron chi connectivity index (χ4n) is 1.89. The molecule has 0 aliphatic carbocycles. The van der Waals surface area contributed by atoms with Gasteiger partial charge in [0.2, 0.25) is 10.0 Å². The molecule has 7 heteroatoms. The second-order valence-corrected chi connectivity index (χ2v) is 7.15. The molecule has 0 radical (unpaired) electrons. The summed E-state index contributed by atoms with van der Waals surface area (Å²) >= 11 is 1.59. The number of nitrogens with two attached hydrogens (primary N) is 1. The molecule has 0 bridgehead atoms. The van der Waals surface area contributed by atoms with E-state index in [-0.39, 0.29) is 4.90 Å². The van der Waals surface area contributed by atoms with Crippen LogP contribution in [0.1, 0.15) is 11.1 Å². The highest BCUT2D eigenvalue weighted by molar-refractivity contribution is 7.89. The number of thiophene rings is 1. The molecule has 1 heterocycles. The topological polar surface area (TPSA) is 81.4 Å². The second kappa shape index (κ2) is 6.46. The third kappa shape index (κ3) is 3.75. The molecule has 0 fully saturated rings. The van der Waals surface area contributed by atoms with E-state index in [2.05, 4.69) is 4.72 Å². The Kier molecular flexibility index (Phi) is 4.87. The minimum atomic E-state index is -3.65. The summed E-state index contributed by atoms with van der Waals surface area (Å²) in [5.74, 6) is 0.296. The van der Waals surface area contributed by atoms with Gasteiger partial charge in [-0.25, -0.2) is 13.1 Å². The van der Waals surface area contributed by atoms with Crippen molar-refractivity contribution < 1.29 is 13.2 Å². The fraction of sp³-hybridized carbons (Fsp3) is 0.286. The van der Waals surface area contributed by atoms with Crippen molar-refractivity contribution in [1.29, 1.82) is 0 Å². The molecule has 0 aliphatic rings. The predicted molar refractivity (Wildman–Crippen MR) is 85.4 cm³/mol. The Hall–Kier alpha value is -1.57. The molecule has 2 aromatic rings. The first kappa shape index (κ1) is 15.8. The van der Waals surface area contributed by atoms with Gasteiger partial charge in [0.15, 0.2) is 0 Å². The molecule has 0 unspecified atom stereocenters. The van der Waals surface area contributed by atoms with Crippen molar-refractivity contribution in [2.24, 2.45) is 0 Å². The van der Waals surface area contributed by atoms with Crippen molar-refractivity contribution in [2.45, 2.75) is 18.2 Å². The molecule has 5 nitrogen and oxygen atoms in total. The first-order valence-electron chi connectivity index (χ1n) is 6.39. The minimum absolute atomic E-state index is 0.0680. The zero-order valence-corrected chi connectivity index (χ0v) is 13.6. The van der Waals surface area contributed by atoms with Gasteiger partial charge in [-0.05, 0) is 53.4 Å². The van der Waals surface area contributed by atoms with Gasteiger partial charge in [0.1, 0.15) is 10.6 Å². The van der Waals surface area contributed by atoms with Crippen LogP contribution in [0, 0.1) is 6.92 Å². The van der Waals surface area contributed by atoms with Crippen LogP contribution in [-0.4, -0.2) is 22.1 Å². The average Bonchev–Trinajstić information content (AvgIpc) is 2.94. The quantitative estimate of drug-likeness (QED) is 0.797. The Morgan fingerprint density at radius 3 is 2.76 bits per heavy atom. The zero-order chi connectivity index (χ0) is 15.5. The summed E-state index contributed by atoms with van der Waals surface area (Å²) in [5, 5.41) is 3.96. The van der Waals surface area contributed by atoms with Gasteiger partial charge in [-0.2, -0.15) is 11.3 Å². The standard InChI is InChI=1S/C14H18N2O3S2/c1-10-7-13(19-2)14(8-12(10)15)21(17,18)16-5-3-11-4-6-20-9-11/h4,6-9,16H,3,5,15H2,1-2H3. The van der Waals surface area contributed by atoms with E-state index in [0.29, 0.717) is 24.4 Å². The van der Waals surface area contributed by atoms with Crippen LogP contribution >= 0.6 is 11.3 Å². The van der Waals surface area contributed by atoms with Crippen molar-refractivity contribution in [3.8, 4) is 5.75 Å². The summed E-state index contributed by atoms with van der Waals surface area (Å²) < 4.78 is 32.4. The summed E-state index contributed by atoms with van der Waals surface area (Å²) in [7, 11) is -2.21. The van der Waals surface area contributed by atoms with E-state index in [9.17, 15) is 8.42 Å². The Labute approximate surface area is 128 Å². The summed E-state index contributed by atoms with van der Waals surface area (Å²) in [6.07, 6.45) is 0.645. The highest BCUT2D eigenvalue weighted by Crippen LogP contribution is 2.28. The van der Waals surface area contributed by atoms with E-state index >= 15 is 0 Å². The van der Waals surface area contributed by atoms with Crippen LogP contribution in [0.15, 0.2) is 33.9 Å². The lowest BCUT2D eigenvalue weighted by Crippen LogP contribution is -2.26. The highest BCUT2D eigenvalue weighted by atomic mass is 32.2. The fourth-order valence-corrected chi connectivity index (χ4v) is 3.81. The van der Waals surface area contributed by atoms with Gasteiger partial charge < -0.3 is 10.5 Å². The van der Waals surface area contributed by atoms with Gasteiger partial charge >= 0.3 is 0 Å². The molecule has 0 saturated heterocycles. The molecular weight excluding hydrogens is 308 g/mol.